The molecule has 0 unspecified atom stereocenters. The van der Waals surface area contributed by atoms with E-state index in [4.69, 9.17) is 0 Å². The Kier molecular flexibility index (Phi) is 2.99. The van der Waals surface area contributed by atoms with Crippen LogP contribution in [0.15, 0.2) is 48.7 Å². The van der Waals surface area contributed by atoms with Crippen molar-refractivity contribution in [2.24, 2.45) is 0 Å². The molecule has 3 nitrogen and oxygen atoms in total. The molecule has 2 aromatic heterocycles. The quantitative estimate of drug-likeness (QED) is 0.668. The van der Waals surface area contributed by atoms with Gasteiger partial charge in [0.2, 0.25) is 5.78 Å². The lowest BCUT2D eigenvalue weighted by Gasteiger charge is -2.03. The van der Waals surface area contributed by atoms with Crippen LogP contribution in [-0.2, 0) is 0 Å². The molecule has 0 spiro atoms. The number of hydrogen-bond donors (Lipinski definition) is 0. The number of nitrogens with zero attached hydrogens (tertiary/aromatic N) is 2. The average Bonchev–Trinajstić information content (AvgIpc) is 2.47. The number of pyridine rings is 2. The lowest BCUT2D eigenvalue weighted by molar-refractivity contribution is 0.103. The van der Waals surface area contributed by atoms with Gasteiger partial charge in [0.15, 0.2) is 0 Å². The molecule has 3 rings (SSSR count). The van der Waals surface area contributed by atoms with Gasteiger partial charge in [-0.2, -0.15) is 0 Å². The molecule has 0 amide bonds. The number of aromatic nitrogens is 2. The van der Waals surface area contributed by atoms with Crippen molar-refractivity contribution in [3.63, 3.8) is 0 Å². The Hall–Kier alpha value is -2.62. The van der Waals surface area contributed by atoms with Gasteiger partial charge in [-0.1, -0.05) is 6.07 Å². The first-order chi connectivity index (χ1) is 9.63. The van der Waals surface area contributed by atoms with Crippen molar-refractivity contribution in [2.45, 2.75) is 6.92 Å². The van der Waals surface area contributed by atoms with Gasteiger partial charge in [0, 0.05) is 16.6 Å². The van der Waals surface area contributed by atoms with Gasteiger partial charge < -0.3 is 0 Å². The molecule has 0 radical (unpaired) electrons. The number of hydrogen-bond acceptors (Lipinski definition) is 3. The number of aryl methyl sites for hydroxylation is 1. The summed E-state index contributed by atoms with van der Waals surface area (Å²) in [5.41, 5.74) is 2.51. The van der Waals surface area contributed by atoms with Gasteiger partial charge in [-0.25, -0.2) is 9.37 Å². The SMILES string of the molecule is Cc1ccc2cc(C(=O)c3ccc(F)cn3)ccc2n1. The molecule has 98 valence electrons. The molecule has 0 N–H and O–H groups in total. The minimum Gasteiger partial charge on any atom is -0.287 e. The minimum absolute atomic E-state index is 0.228. The highest BCUT2D eigenvalue weighted by molar-refractivity contribution is 6.09. The topological polar surface area (TPSA) is 42.9 Å². The monoisotopic (exact) mass is 266 g/mol. The Morgan fingerprint density at radius 3 is 2.70 bits per heavy atom. The summed E-state index contributed by atoms with van der Waals surface area (Å²) in [6, 6.07) is 11.7. The predicted molar refractivity (Wildman–Crippen MR) is 74.1 cm³/mol. The van der Waals surface area contributed by atoms with Crippen molar-refractivity contribution in [3.05, 3.63) is 71.4 Å². The lowest BCUT2D eigenvalue weighted by Crippen LogP contribution is -2.04. The number of carbonyl (C=O) groups excluding carboxylic acids is 1. The van der Waals surface area contributed by atoms with Crippen LogP contribution in [-0.4, -0.2) is 15.8 Å². The third-order valence-corrected chi connectivity index (χ3v) is 3.05. The molecule has 0 saturated heterocycles. The molecule has 0 aliphatic heterocycles. The molecule has 0 atom stereocenters. The van der Waals surface area contributed by atoms with Gasteiger partial charge in [-0.05, 0) is 43.3 Å². The first-order valence-electron chi connectivity index (χ1n) is 6.17. The number of fused-ring (bicyclic) bond motifs is 1. The zero-order valence-electron chi connectivity index (χ0n) is 10.8. The van der Waals surface area contributed by atoms with Crippen LogP contribution in [0.3, 0.4) is 0 Å². The molecule has 0 bridgehead atoms. The normalized spacial score (nSPS) is 10.7. The van der Waals surface area contributed by atoms with Crippen LogP contribution in [0.4, 0.5) is 4.39 Å². The largest absolute Gasteiger partial charge is 0.287 e. The molecule has 0 aliphatic carbocycles. The molecule has 20 heavy (non-hydrogen) atoms. The molecule has 1 aromatic carbocycles. The third-order valence-electron chi connectivity index (χ3n) is 3.05. The highest BCUT2D eigenvalue weighted by Gasteiger charge is 2.11. The maximum atomic E-state index is 12.8. The number of rotatable bonds is 2. The van der Waals surface area contributed by atoms with Gasteiger partial charge in [0.05, 0.1) is 11.7 Å². The van der Waals surface area contributed by atoms with E-state index in [1.165, 1.54) is 12.1 Å². The fourth-order valence-corrected chi connectivity index (χ4v) is 2.03. The highest BCUT2D eigenvalue weighted by Crippen LogP contribution is 2.17. The van der Waals surface area contributed by atoms with Gasteiger partial charge >= 0.3 is 0 Å². The summed E-state index contributed by atoms with van der Waals surface area (Å²) in [6.07, 6.45) is 1.04. The first kappa shape index (κ1) is 12.4. The Morgan fingerprint density at radius 1 is 1.10 bits per heavy atom. The highest BCUT2D eigenvalue weighted by atomic mass is 19.1. The van der Waals surface area contributed by atoms with Crippen LogP contribution < -0.4 is 0 Å². The van der Waals surface area contributed by atoms with E-state index in [9.17, 15) is 9.18 Å². The van der Waals surface area contributed by atoms with Crippen molar-refractivity contribution in [1.29, 1.82) is 0 Å². The fourth-order valence-electron chi connectivity index (χ4n) is 2.03. The second kappa shape index (κ2) is 4.81. The molecular weight excluding hydrogens is 255 g/mol. The summed E-state index contributed by atoms with van der Waals surface area (Å²) in [5, 5.41) is 0.892. The van der Waals surface area contributed by atoms with Crippen LogP contribution >= 0.6 is 0 Å². The second-order valence-electron chi connectivity index (χ2n) is 4.55. The van der Waals surface area contributed by atoms with E-state index < -0.39 is 5.82 Å². The summed E-state index contributed by atoms with van der Waals surface area (Å²) in [6.45, 7) is 1.92. The Labute approximate surface area is 115 Å². The van der Waals surface area contributed by atoms with E-state index >= 15 is 0 Å². The van der Waals surface area contributed by atoms with Crippen molar-refractivity contribution in [2.75, 3.05) is 0 Å². The van der Waals surface area contributed by atoms with Crippen LogP contribution in [0, 0.1) is 12.7 Å². The van der Waals surface area contributed by atoms with E-state index in [2.05, 4.69) is 9.97 Å². The van der Waals surface area contributed by atoms with Crippen LogP contribution in [0.5, 0.6) is 0 Å². The van der Waals surface area contributed by atoms with E-state index in [1.54, 1.807) is 18.2 Å². The molecule has 0 fully saturated rings. The molecule has 2 heterocycles. The van der Waals surface area contributed by atoms with Crippen molar-refractivity contribution < 1.29 is 9.18 Å². The number of benzene rings is 1. The van der Waals surface area contributed by atoms with E-state index in [1.807, 2.05) is 19.1 Å². The van der Waals surface area contributed by atoms with Gasteiger partial charge in [-0.3, -0.25) is 9.78 Å². The smallest absolute Gasteiger partial charge is 0.211 e. The average molecular weight is 266 g/mol. The summed E-state index contributed by atoms with van der Waals surface area (Å²) >= 11 is 0. The van der Waals surface area contributed by atoms with E-state index in [0.717, 1.165) is 22.8 Å². The molecule has 3 aromatic rings. The van der Waals surface area contributed by atoms with Gasteiger partial charge in [0.1, 0.15) is 11.5 Å². The fraction of sp³-hybridized carbons (Fsp3) is 0.0625. The second-order valence-corrected chi connectivity index (χ2v) is 4.55. The van der Waals surface area contributed by atoms with Gasteiger partial charge in [0.25, 0.3) is 0 Å². The summed E-state index contributed by atoms with van der Waals surface area (Å²) < 4.78 is 12.8. The summed E-state index contributed by atoms with van der Waals surface area (Å²) in [5.74, 6) is -0.688. The number of carbonyl (C=O) groups is 1. The molecular formula is C16H11FN2O. The Balaban J connectivity index is 2.03. The lowest BCUT2D eigenvalue weighted by atomic mass is 10.0. The number of halogens is 1. The summed E-state index contributed by atoms with van der Waals surface area (Å²) in [7, 11) is 0. The third kappa shape index (κ3) is 2.28. The minimum atomic E-state index is -0.459. The van der Waals surface area contributed by atoms with Crippen LogP contribution in [0.2, 0.25) is 0 Å². The molecule has 0 saturated carbocycles. The Bertz CT molecular complexity index is 797. The Morgan fingerprint density at radius 2 is 1.95 bits per heavy atom. The summed E-state index contributed by atoms with van der Waals surface area (Å²) in [4.78, 5) is 20.5. The van der Waals surface area contributed by atoms with E-state index in [0.29, 0.717) is 5.56 Å². The van der Waals surface area contributed by atoms with Crippen molar-refractivity contribution in [3.8, 4) is 0 Å². The maximum absolute atomic E-state index is 12.8. The molecule has 0 aliphatic rings. The van der Waals surface area contributed by atoms with E-state index in [-0.39, 0.29) is 11.5 Å². The standard InChI is InChI=1S/C16H11FN2O/c1-10-2-3-11-8-12(4-6-14(11)19-10)16(20)15-7-5-13(17)9-18-15/h2-9H,1H3. The molecule has 4 heteroatoms. The zero-order chi connectivity index (χ0) is 14.1. The number of ketones is 1. The van der Waals surface area contributed by atoms with Crippen LogP contribution in [0.1, 0.15) is 21.7 Å². The van der Waals surface area contributed by atoms with Crippen molar-refractivity contribution in [1.82, 2.24) is 9.97 Å². The maximum Gasteiger partial charge on any atom is 0.211 e. The predicted octanol–water partition coefficient (Wildman–Crippen LogP) is 3.31. The first-order valence-corrected chi connectivity index (χ1v) is 6.17. The van der Waals surface area contributed by atoms with Crippen LogP contribution in [0.25, 0.3) is 10.9 Å². The van der Waals surface area contributed by atoms with Gasteiger partial charge in [-0.15, -0.1) is 0 Å². The zero-order valence-corrected chi connectivity index (χ0v) is 10.8. The van der Waals surface area contributed by atoms with Crippen molar-refractivity contribution >= 4 is 16.7 Å².